The van der Waals surface area contributed by atoms with E-state index in [1.54, 1.807) is 24.5 Å². The van der Waals surface area contributed by atoms with Crippen molar-refractivity contribution in [1.82, 2.24) is 20.3 Å². The highest BCUT2D eigenvalue weighted by Crippen LogP contribution is 2.35. The molecular weight excluding hydrogens is 402 g/mol. The molecule has 0 aromatic carbocycles. The number of nitrogens with zero attached hydrogens (tertiary/aromatic N) is 3. The molecule has 30 heavy (non-hydrogen) atoms. The van der Waals surface area contributed by atoms with Gasteiger partial charge in [0.05, 0.1) is 12.7 Å². The number of esters is 1. The molecule has 2 N–H and O–H groups in total. The van der Waals surface area contributed by atoms with Crippen molar-refractivity contribution in [3.05, 3.63) is 47.4 Å². The smallest absolute Gasteiger partial charge is 0.339 e. The number of aromatic nitrogens is 3. The van der Waals surface area contributed by atoms with Crippen molar-refractivity contribution >= 4 is 29.2 Å². The Hall–Kier alpha value is -3.33. The van der Waals surface area contributed by atoms with Crippen molar-refractivity contribution in [3.8, 4) is 21.7 Å². The van der Waals surface area contributed by atoms with Crippen LogP contribution in [-0.2, 0) is 4.74 Å². The maximum absolute atomic E-state index is 12.2. The summed E-state index contributed by atoms with van der Waals surface area (Å²) < 4.78 is 4.79. The Morgan fingerprint density at radius 3 is 2.73 bits per heavy atom. The molecular formula is C21H21N5O3S. The molecule has 0 aliphatic heterocycles. The van der Waals surface area contributed by atoms with Crippen molar-refractivity contribution in [2.75, 3.05) is 19.0 Å². The number of urea groups is 1. The Labute approximate surface area is 177 Å². The molecule has 0 radical (unpaired) electrons. The van der Waals surface area contributed by atoms with Gasteiger partial charge in [-0.15, -0.1) is 11.3 Å². The highest BCUT2D eigenvalue weighted by Gasteiger charge is 2.22. The Balaban J connectivity index is 1.67. The van der Waals surface area contributed by atoms with E-state index in [4.69, 9.17) is 4.74 Å². The summed E-state index contributed by atoms with van der Waals surface area (Å²) in [6.45, 7) is 2.60. The fourth-order valence-electron chi connectivity index (χ4n) is 2.94. The van der Waals surface area contributed by atoms with Crippen LogP contribution in [-0.4, -0.2) is 40.6 Å². The predicted molar refractivity (Wildman–Crippen MR) is 114 cm³/mol. The second-order valence-electron chi connectivity index (χ2n) is 7.14. The van der Waals surface area contributed by atoms with Gasteiger partial charge in [0.1, 0.15) is 10.8 Å². The van der Waals surface area contributed by atoms with Gasteiger partial charge in [-0.25, -0.2) is 19.6 Å². The number of aryl methyl sites for hydroxylation is 1. The lowest BCUT2D eigenvalue weighted by molar-refractivity contribution is 0.0600. The van der Waals surface area contributed by atoms with Gasteiger partial charge in [0.2, 0.25) is 0 Å². The van der Waals surface area contributed by atoms with E-state index in [9.17, 15) is 9.59 Å². The summed E-state index contributed by atoms with van der Waals surface area (Å²) in [5.41, 5.74) is 3.50. The molecule has 4 rings (SSSR count). The Kier molecular flexibility index (Phi) is 5.71. The van der Waals surface area contributed by atoms with Gasteiger partial charge in [0.25, 0.3) is 0 Å². The van der Waals surface area contributed by atoms with Crippen molar-refractivity contribution in [3.63, 3.8) is 0 Å². The fourth-order valence-corrected chi connectivity index (χ4v) is 3.77. The summed E-state index contributed by atoms with van der Waals surface area (Å²) >= 11 is 1.50. The first-order valence-corrected chi connectivity index (χ1v) is 10.4. The number of carbonyl (C=O) groups excluding carboxylic acids is 2. The van der Waals surface area contributed by atoms with Crippen molar-refractivity contribution in [2.45, 2.75) is 19.8 Å². The van der Waals surface area contributed by atoms with E-state index in [1.807, 2.05) is 12.3 Å². The van der Waals surface area contributed by atoms with E-state index in [0.717, 1.165) is 21.8 Å². The average Bonchev–Trinajstić information content (AvgIpc) is 3.50. The van der Waals surface area contributed by atoms with Gasteiger partial charge >= 0.3 is 12.0 Å². The molecule has 0 spiro atoms. The van der Waals surface area contributed by atoms with E-state index in [-0.39, 0.29) is 6.03 Å². The van der Waals surface area contributed by atoms with Crippen LogP contribution in [0.3, 0.4) is 0 Å². The zero-order chi connectivity index (χ0) is 21.1. The second-order valence-corrected chi connectivity index (χ2v) is 8.00. The molecule has 2 amide bonds. The molecule has 1 aliphatic rings. The number of amides is 2. The lowest BCUT2D eigenvalue weighted by atomic mass is 10.0. The van der Waals surface area contributed by atoms with Gasteiger partial charge in [0, 0.05) is 52.9 Å². The number of ether oxygens (including phenoxy) is 1. The molecule has 9 heteroatoms. The highest BCUT2D eigenvalue weighted by atomic mass is 32.1. The maximum Gasteiger partial charge on any atom is 0.339 e. The fraction of sp³-hybridized carbons (Fsp3) is 0.286. The number of rotatable bonds is 6. The molecule has 0 atom stereocenters. The SMILES string of the molecule is COC(=O)c1cncc(-c2cnc(NC(=O)NCC3CC3)cc2-c2nc(C)cs2)c1. The first-order valence-electron chi connectivity index (χ1n) is 9.54. The summed E-state index contributed by atoms with van der Waals surface area (Å²) in [6, 6.07) is 3.21. The number of anilines is 1. The summed E-state index contributed by atoms with van der Waals surface area (Å²) in [7, 11) is 1.33. The first kappa shape index (κ1) is 20.0. The molecule has 154 valence electrons. The van der Waals surface area contributed by atoms with Crippen LogP contribution >= 0.6 is 11.3 Å². The number of hydrogen-bond acceptors (Lipinski definition) is 7. The van der Waals surface area contributed by atoms with Gasteiger partial charge in [0.15, 0.2) is 0 Å². The zero-order valence-corrected chi connectivity index (χ0v) is 17.5. The zero-order valence-electron chi connectivity index (χ0n) is 16.6. The molecule has 3 aromatic heterocycles. The lowest BCUT2D eigenvalue weighted by Crippen LogP contribution is -2.30. The first-order chi connectivity index (χ1) is 14.5. The number of nitrogens with one attached hydrogen (secondary N) is 2. The molecule has 3 aromatic rings. The van der Waals surface area contributed by atoms with Gasteiger partial charge in [-0.2, -0.15) is 0 Å². The standard InChI is InChI=1S/C21H21N5O3S/c1-12-11-30-19(25-12)16-6-18(26-21(28)24-7-13-3-4-13)23-10-17(16)14-5-15(9-22-8-14)20(27)29-2/h5-6,8-11,13H,3-4,7H2,1-2H3,(H2,23,24,26,28). The van der Waals surface area contributed by atoms with Gasteiger partial charge in [-0.1, -0.05) is 0 Å². The molecule has 1 fully saturated rings. The molecule has 0 saturated heterocycles. The number of hydrogen-bond donors (Lipinski definition) is 2. The quantitative estimate of drug-likeness (QED) is 0.583. The minimum Gasteiger partial charge on any atom is -0.465 e. The maximum atomic E-state index is 12.2. The van der Waals surface area contributed by atoms with Gasteiger partial charge in [-0.3, -0.25) is 10.3 Å². The monoisotopic (exact) mass is 423 g/mol. The molecule has 1 aliphatic carbocycles. The third kappa shape index (κ3) is 4.62. The molecule has 0 bridgehead atoms. The van der Waals surface area contributed by atoms with Crippen LogP contribution in [0.5, 0.6) is 0 Å². The van der Waals surface area contributed by atoms with Crippen molar-refractivity contribution in [2.24, 2.45) is 5.92 Å². The van der Waals surface area contributed by atoms with Gasteiger partial charge in [-0.05, 0) is 37.8 Å². The Bertz CT molecular complexity index is 1090. The number of methoxy groups -OCH3 is 1. The van der Waals surface area contributed by atoms with Crippen LogP contribution < -0.4 is 10.6 Å². The number of thiazole rings is 1. The topological polar surface area (TPSA) is 106 Å². The van der Waals surface area contributed by atoms with Crippen molar-refractivity contribution in [1.29, 1.82) is 0 Å². The van der Waals surface area contributed by atoms with Crippen LogP contribution in [0.25, 0.3) is 21.7 Å². The normalized spacial score (nSPS) is 13.0. The minimum absolute atomic E-state index is 0.280. The summed E-state index contributed by atoms with van der Waals surface area (Å²) in [5, 5.41) is 8.39. The van der Waals surface area contributed by atoms with Crippen LogP contribution in [0.2, 0.25) is 0 Å². The predicted octanol–water partition coefficient (Wildman–Crippen LogP) is 3.89. The highest BCUT2D eigenvalue weighted by molar-refractivity contribution is 7.13. The largest absolute Gasteiger partial charge is 0.465 e. The summed E-state index contributed by atoms with van der Waals surface area (Å²) in [5.74, 6) is 0.552. The number of pyridine rings is 2. The van der Waals surface area contributed by atoms with Crippen LogP contribution in [0.4, 0.5) is 10.6 Å². The Morgan fingerprint density at radius 2 is 2.03 bits per heavy atom. The van der Waals surface area contributed by atoms with Crippen LogP contribution in [0.1, 0.15) is 28.9 Å². The van der Waals surface area contributed by atoms with E-state index >= 15 is 0 Å². The van der Waals surface area contributed by atoms with Gasteiger partial charge < -0.3 is 10.1 Å². The van der Waals surface area contributed by atoms with Crippen LogP contribution in [0.15, 0.2) is 36.1 Å². The molecule has 8 nitrogen and oxygen atoms in total. The van der Waals surface area contributed by atoms with E-state index in [2.05, 4.69) is 25.6 Å². The molecule has 1 saturated carbocycles. The van der Waals surface area contributed by atoms with E-state index in [0.29, 0.717) is 29.4 Å². The second kappa shape index (κ2) is 8.58. The average molecular weight is 423 g/mol. The lowest BCUT2D eigenvalue weighted by Gasteiger charge is -2.12. The minimum atomic E-state index is -0.463. The van der Waals surface area contributed by atoms with E-state index < -0.39 is 5.97 Å². The van der Waals surface area contributed by atoms with Crippen LogP contribution in [0, 0.1) is 12.8 Å². The number of carbonyl (C=O) groups is 2. The Morgan fingerprint density at radius 1 is 1.20 bits per heavy atom. The van der Waals surface area contributed by atoms with E-state index in [1.165, 1.54) is 37.5 Å². The third-order valence-corrected chi connectivity index (χ3v) is 5.71. The summed E-state index contributed by atoms with van der Waals surface area (Å²) in [4.78, 5) is 37.2. The third-order valence-electron chi connectivity index (χ3n) is 4.71. The molecule has 0 unspecified atom stereocenters. The van der Waals surface area contributed by atoms with Crippen molar-refractivity contribution < 1.29 is 14.3 Å². The summed E-state index contributed by atoms with van der Waals surface area (Å²) in [6.07, 6.45) is 7.10. The molecule has 3 heterocycles.